The lowest BCUT2D eigenvalue weighted by molar-refractivity contribution is 0.100. The summed E-state index contributed by atoms with van der Waals surface area (Å²) in [4.78, 5) is 25.9. The Hall–Kier alpha value is -2.26. The Morgan fingerprint density at radius 2 is 2.24 bits per heavy atom. The molecule has 2 aromatic rings. The summed E-state index contributed by atoms with van der Waals surface area (Å²) in [5.74, 6) is 0.923. The molecule has 0 unspecified atom stereocenters. The molecule has 0 atom stereocenters. The zero-order valence-corrected chi connectivity index (χ0v) is 12.6. The molecule has 0 aliphatic carbocycles. The minimum Gasteiger partial charge on any atom is -0.365 e. The Kier molecular flexibility index (Phi) is 5.01. The van der Waals surface area contributed by atoms with Crippen LogP contribution in [0.1, 0.15) is 9.67 Å². The molecule has 0 fully saturated rings. The van der Waals surface area contributed by atoms with E-state index in [1.54, 1.807) is 0 Å². The third-order valence-electron chi connectivity index (χ3n) is 2.72. The summed E-state index contributed by atoms with van der Waals surface area (Å²) >= 11 is 1.18. The van der Waals surface area contributed by atoms with Crippen molar-refractivity contribution in [3.05, 3.63) is 23.5 Å². The van der Waals surface area contributed by atoms with Gasteiger partial charge in [0.1, 0.15) is 22.8 Å². The second-order valence-corrected chi connectivity index (χ2v) is 5.34. The Bertz CT molecular complexity index is 615. The zero-order valence-electron chi connectivity index (χ0n) is 11.8. The van der Waals surface area contributed by atoms with E-state index in [4.69, 9.17) is 5.73 Å². The van der Waals surface area contributed by atoms with Crippen molar-refractivity contribution in [2.24, 2.45) is 5.73 Å². The van der Waals surface area contributed by atoms with E-state index in [9.17, 15) is 4.79 Å². The number of carbonyl (C=O) groups excluding carboxylic acids is 1. The van der Waals surface area contributed by atoms with Crippen molar-refractivity contribution >= 4 is 34.0 Å². The maximum atomic E-state index is 11.0. The quantitative estimate of drug-likeness (QED) is 0.680. The number of nitrogens with two attached hydrogens (primary N) is 1. The van der Waals surface area contributed by atoms with E-state index >= 15 is 0 Å². The molecule has 9 heteroatoms. The van der Waals surface area contributed by atoms with Gasteiger partial charge in [-0.2, -0.15) is 0 Å². The van der Waals surface area contributed by atoms with E-state index < -0.39 is 5.91 Å². The number of amides is 1. The number of hydrogen-bond donors (Lipinski definition) is 3. The van der Waals surface area contributed by atoms with E-state index in [0.717, 1.165) is 18.9 Å². The highest BCUT2D eigenvalue weighted by Crippen LogP contribution is 2.22. The van der Waals surface area contributed by atoms with Gasteiger partial charge in [-0.15, -0.1) is 0 Å². The van der Waals surface area contributed by atoms with Gasteiger partial charge in [-0.3, -0.25) is 4.79 Å². The summed E-state index contributed by atoms with van der Waals surface area (Å²) in [6, 6.07) is 1.82. The number of nitrogens with one attached hydrogen (secondary N) is 2. The maximum absolute atomic E-state index is 11.0. The van der Waals surface area contributed by atoms with Crippen molar-refractivity contribution in [1.29, 1.82) is 0 Å². The van der Waals surface area contributed by atoms with Gasteiger partial charge in [-0.25, -0.2) is 15.0 Å². The fraction of sp³-hybridized carbons (Fsp3) is 0.333. The predicted molar refractivity (Wildman–Crippen MR) is 83.1 cm³/mol. The minimum atomic E-state index is -0.490. The van der Waals surface area contributed by atoms with Gasteiger partial charge < -0.3 is 21.3 Å². The molecule has 21 heavy (non-hydrogen) atoms. The van der Waals surface area contributed by atoms with Crippen molar-refractivity contribution in [3.8, 4) is 0 Å². The first-order valence-electron chi connectivity index (χ1n) is 6.30. The summed E-state index contributed by atoms with van der Waals surface area (Å²) < 4.78 is 0. The Morgan fingerprint density at radius 3 is 2.90 bits per heavy atom. The van der Waals surface area contributed by atoms with Crippen LogP contribution in [0, 0.1) is 0 Å². The van der Waals surface area contributed by atoms with E-state index in [1.165, 1.54) is 23.9 Å². The van der Waals surface area contributed by atoms with Crippen LogP contribution in [0.25, 0.3) is 0 Å². The monoisotopic (exact) mass is 307 g/mol. The van der Waals surface area contributed by atoms with Gasteiger partial charge in [0.2, 0.25) is 0 Å². The minimum absolute atomic E-state index is 0.401. The van der Waals surface area contributed by atoms with Crippen LogP contribution in [-0.2, 0) is 0 Å². The maximum Gasteiger partial charge on any atom is 0.260 e. The molecule has 0 spiro atoms. The molecule has 2 heterocycles. The van der Waals surface area contributed by atoms with Crippen LogP contribution < -0.4 is 21.3 Å². The molecule has 0 radical (unpaired) electrons. The van der Waals surface area contributed by atoms with Crippen LogP contribution in [0.5, 0.6) is 0 Å². The van der Waals surface area contributed by atoms with Crippen LogP contribution in [0.2, 0.25) is 0 Å². The number of primary amides is 1. The smallest absolute Gasteiger partial charge is 0.260 e. The number of anilines is 3. The van der Waals surface area contributed by atoms with Gasteiger partial charge in [0.05, 0.1) is 6.20 Å². The molecule has 2 rings (SSSR count). The Morgan fingerprint density at radius 1 is 1.43 bits per heavy atom. The normalized spacial score (nSPS) is 10.4. The average Bonchev–Trinajstić information content (AvgIpc) is 2.94. The highest BCUT2D eigenvalue weighted by molar-refractivity contribution is 7.17. The number of nitrogens with zero attached hydrogens (tertiary/aromatic N) is 4. The summed E-state index contributed by atoms with van der Waals surface area (Å²) in [6.45, 7) is 1.69. The summed E-state index contributed by atoms with van der Waals surface area (Å²) in [5, 5.41) is 6.68. The molecule has 112 valence electrons. The summed E-state index contributed by atoms with van der Waals surface area (Å²) in [7, 11) is 3.86. The average molecular weight is 307 g/mol. The zero-order chi connectivity index (χ0) is 15.2. The van der Waals surface area contributed by atoms with Gasteiger partial charge in [0, 0.05) is 26.2 Å². The number of likely N-dealkylation sites (N-methyl/N-ethyl adjacent to an activating group) is 2. The van der Waals surface area contributed by atoms with Crippen LogP contribution >= 0.6 is 11.3 Å². The molecular weight excluding hydrogens is 290 g/mol. The number of aromatic nitrogens is 3. The lowest BCUT2D eigenvalue weighted by Gasteiger charge is -2.18. The molecule has 2 aromatic heterocycles. The van der Waals surface area contributed by atoms with E-state index in [-0.39, 0.29) is 0 Å². The molecule has 0 bridgehead atoms. The highest BCUT2D eigenvalue weighted by Gasteiger charge is 2.09. The van der Waals surface area contributed by atoms with Crippen molar-refractivity contribution in [2.75, 3.05) is 37.4 Å². The highest BCUT2D eigenvalue weighted by atomic mass is 32.1. The van der Waals surface area contributed by atoms with Gasteiger partial charge in [-0.05, 0) is 7.05 Å². The van der Waals surface area contributed by atoms with Gasteiger partial charge in [0.15, 0.2) is 5.13 Å². The molecule has 8 nitrogen and oxygen atoms in total. The third kappa shape index (κ3) is 4.10. The second-order valence-electron chi connectivity index (χ2n) is 4.31. The number of carbonyl (C=O) groups is 1. The molecule has 4 N–H and O–H groups in total. The molecule has 1 amide bonds. The molecule has 0 aromatic carbocycles. The van der Waals surface area contributed by atoms with Gasteiger partial charge in [-0.1, -0.05) is 11.3 Å². The fourth-order valence-corrected chi connectivity index (χ4v) is 2.25. The fourth-order valence-electron chi connectivity index (χ4n) is 1.57. The molecule has 0 saturated heterocycles. The van der Waals surface area contributed by atoms with Crippen LogP contribution in [0.15, 0.2) is 18.6 Å². The Labute approximate surface area is 126 Å². The number of rotatable bonds is 7. The lowest BCUT2D eigenvalue weighted by Crippen LogP contribution is -2.27. The second kappa shape index (κ2) is 6.95. The number of hydrogen-bond acceptors (Lipinski definition) is 8. The lowest BCUT2D eigenvalue weighted by atomic mass is 10.4. The van der Waals surface area contributed by atoms with E-state index in [2.05, 4.69) is 25.6 Å². The van der Waals surface area contributed by atoms with Crippen LogP contribution in [0.3, 0.4) is 0 Å². The van der Waals surface area contributed by atoms with Crippen molar-refractivity contribution in [3.63, 3.8) is 0 Å². The summed E-state index contributed by atoms with van der Waals surface area (Å²) in [5.41, 5.74) is 5.20. The standard InChI is InChI=1S/C12H17N7OS/c1-14-3-4-19(2)10-5-9(16-7-17-10)18-12-15-6-8(21-12)11(13)20/h5-7,14H,3-4H2,1-2H3,(H2,13,20)(H,15,16,17,18). The topological polar surface area (TPSA) is 109 Å². The molecule has 0 aliphatic rings. The first-order chi connectivity index (χ1) is 10.1. The first kappa shape index (κ1) is 15.1. The van der Waals surface area contributed by atoms with Crippen molar-refractivity contribution in [2.45, 2.75) is 0 Å². The van der Waals surface area contributed by atoms with Gasteiger partial charge in [0.25, 0.3) is 5.91 Å². The third-order valence-corrected chi connectivity index (χ3v) is 3.65. The van der Waals surface area contributed by atoms with Crippen LogP contribution in [-0.4, -0.2) is 48.0 Å². The Balaban J connectivity index is 2.07. The van der Waals surface area contributed by atoms with Crippen molar-refractivity contribution < 1.29 is 4.79 Å². The number of thiazole rings is 1. The molecule has 0 saturated carbocycles. The summed E-state index contributed by atoms with van der Waals surface area (Å²) in [6.07, 6.45) is 2.92. The molecule has 0 aliphatic heterocycles. The van der Waals surface area contributed by atoms with Crippen molar-refractivity contribution in [1.82, 2.24) is 20.3 Å². The first-order valence-corrected chi connectivity index (χ1v) is 7.12. The molecular formula is C12H17N7OS. The van der Waals surface area contributed by atoms with E-state index in [1.807, 2.05) is 25.1 Å². The largest absolute Gasteiger partial charge is 0.365 e. The van der Waals surface area contributed by atoms with E-state index in [0.29, 0.717) is 15.8 Å². The van der Waals surface area contributed by atoms with Crippen LogP contribution in [0.4, 0.5) is 16.8 Å². The predicted octanol–water partition coefficient (Wildman–Crippen LogP) is 0.431. The van der Waals surface area contributed by atoms with Gasteiger partial charge >= 0.3 is 0 Å². The SMILES string of the molecule is CNCCN(C)c1cc(Nc2ncc(C(N)=O)s2)ncn1.